The van der Waals surface area contributed by atoms with E-state index in [0.717, 1.165) is 29.7 Å². The number of fused-ring (bicyclic) bond motifs is 3. The van der Waals surface area contributed by atoms with Crippen molar-refractivity contribution >= 4 is 22.5 Å². The Bertz CT molecular complexity index is 1070. The SMILES string of the molecule is COC(=O)c1cc2[nH]c(=O)c3c(C)nc(C4CCOCC4)n3c2cc1C. The standard InChI is InChI=1S/C19H21N3O4/c1-10-8-15-14(9-13(10)19(24)25-3)21-18(23)16-11(2)20-17(22(15)16)12-4-6-26-7-5-12/h8-9,12H,4-7H2,1-3H3,(H,21,23). The zero-order valence-corrected chi connectivity index (χ0v) is 15.1. The van der Waals surface area contributed by atoms with E-state index in [1.54, 1.807) is 6.07 Å². The number of esters is 1. The van der Waals surface area contributed by atoms with Crippen molar-refractivity contribution in [2.75, 3.05) is 20.3 Å². The maximum Gasteiger partial charge on any atom is 0.338 e. The highest BCUT2D eigenvalue weighted by Crippen LogP contribution is 2.30. The molecule has 1 fully saturated rings. The summed E-state index contributed by atoms with van der Waals surface area (Å²) in [5, 5.41) is 0. The Labute approximate surface area is 149 Å². The fraction of sp³-hybridized carbons (Fsp3) is 0.421. The highest BCUT2D eigenvalue weighted by Gasteiger charge is 2.24. The van der Waals surface area contributed by atoms with E-state index in [1.807, 2.05) is 24.3 Å². The maximum atomic E-state index is 12.7. The van der Waals surface area contributed by atoms with Crippen LogP contribution in [0.2, 0.25) is 0 Å². The third-order valence-electron chi connectivity index (χ3n) is 5.12. The Hall–Kier alpha value is -2.67. The van der Waals surface area contributed by atoms with Crippen molar-refractivity contribution in [1.82, 2.24) is 14.4 Å². The number of hydrogen-bond donors (Lipinski definition) is 1. The predicted octanol–water partition coefficient (Wildman–Crippen LogP) is 2.47. The first-order chi connectivity index (χ1) is 12.5. The number of aromatic amines is 1. The molecule has 0 aliphatic carbocycles. The average Bonchev–Trinajstić information content (AvgIpc) is 3.00. The molecule has 0 unspecified atom stereocenters. The lowest BCUT2D eigenvalue weighted by Crippen LogP contribution is -2.18. The fourth-order valence-corrected chi connectivity index (χ4v) is 3.78. The van der Waals surface area contributed by atoms with Gasteiger partial charge in [-0.3, -0.25) is 9.20 Å². The van der Waals surface area contributed by atoms with Crippen molar-refractivity contribution in [1.29, 1.82) is 0 Å². The average molecular weight is 355 g/mol. The third kappa shape index (κ3) is 2.50. The summed E-state index contributed by atoms with van der Waals surface area (Å²) in [6.07, 6.45) is 1.76. The van der Waals surface area contributed by atoms with E-state index in [2.05, 4.69) is 4.98 Å². The molecule has 1 aromatic carbocycles. The molecule has 1 saturated heterocycles. The number of aromatic nitrogens is 3. The van der Waals surface area contributed by atoms with Crippen LogP contribution >= 0.6 is 0 Å². The van der Waals surface area contributed by atoms with Crippen LogP contribution < -0.4 is 5.56 Å². The molecule has 136 valence electrons. The second-order valence-electron chi connectivity index (χ2n) is 6.76. The number of imidazole rings is 1. The van der Waals surface area contributed by atoms with Crippen molar-refractivity contribution in [3.63, 3.8) is 0 Å². The normalized spacial score (nSPS) is 15.7. The number of carbonyl (C=O) groups excluding carboxylic acids is 1. The lowest BCUT2D eigenvalue weighted by Gasteiger charge is -2.21. The summed E-state index contributed by atoms with van der Waals surface area (Å²) in [4.78, 5) is 32.3. The monoisotopic (exact) mass is 355 g/mol. The minimum atomic E-state index is -0.420. The summed E-state index contributed by atoms with van der Waals surface area (Å²) >= 11 is 0. The molecule has 0 atom stereocenters. The molecule has 4 rings (SSSR count). The molecule has 26 heavy (non-hydrogen) atoms. The molecule has 3 aromatic rings. The van der Waals surface area contributed by atoms with E-state index in [4.69, 9.17) is 14.5 Å². The zero-order chi connectivity index (χ0) is 18.4. The van der Waals surface area contributed by atoms with E-state index in [9.17, 15) is 9.59 Å². The zero-order valence-electron chi connectivity index (χ0n) is 15.1. The Morgan fingerprint density at radius 2 is 2.04 bits per heavy atom. The minimum Gasteiger partial charge on any atom is -0.465 e. The number of rotatable bonds is 2. The van der Waals surface area contributed by atoms with Gasteiger partial charge in [-0.05, 0) is 44.4 Å². The van der Waals surface area contributed by atoms with Gasteiger partial charge in [0.15, 0.2) is 0 Å². The van der Waals surface area contributed by atoms with E-state index >= 15 is 0 Å². The van der Waals surface area contributed by atoms with Gasteiger partial charge in [-0.15, -0.1) is 0 Å². The molecule has 0 radical (unpaired) electrons. The van der Waals surface area contributed by atoms with Crippen LogP contribution in [-0.2, 0) is 9.47 Å². The van der Waals surface area contributed by atoms with E-state index in [1.165, 1.54) is 7.11 Å². The largest absolute Gasteiger partial charge is 0.465 e. The molecular weight excluding hydrogens is 334 g/mol. The molecule has 1 aliphatic rings. The fourth-order valence-electron chi connectivity index (χ4n) is 3.78. The lowest BCUT2D eigenvalue weighted by molar-refractivity contribution is 0.0600. The van der Waals surface area contributed by atoms with Gasteiger partial charge in [0.1, 0.15) is 11.3 Å². The molecule has 7 nitrogen and oxygen atoms in total. The maximum absolute atomic E-state index is 12.7. The molecule has 0 spiro atoms. The highest BCUT2D eigenvalue weighted by atomic mass is 16.5. The van der Waals surface area contributed by atoms with Gasteiger partial charge in [-0.1, -0.05) is 0 Å². The van der Waals surface area contributed by atoms with Crippen LogP contribution in [0.15, 0.2) is 16.9 Å². The van der Waals surface area contributed by atoms with Gasteiger partial charge in [0.05, 0.1) is 29.4 Å². The number of nitrogens with zero attached hydrogens (tertiary/aromatic N) is 2. The first kappa shape index (κ1) is 16.8. The summed E-state index contributed by atoms with van der Waals surface area (Å²) in [7, 11) is 1.35. The summed E-state index contributed by atoms with van der Waals surface area (Å²) in [5.74, 6) is 0.717. The molecule has 7 heteroatoms. The number of carbonyl (C=O) groups is 1. The number of hydrogen-bond acceptors (Lipinski definition) is 5. The van der Waals surface area contributed by atoms with Gasteiger partial charge in [0.25, 0.3) is 5.56 Å². The molecule has 1 aliphatic heterocycles. The minimum absolute atomic E-state index is 0.208. The van der Waals surface area contributed by atoms with Crippen molar-refractivity contribution in [2.45, 2.75) is 32.6 Å². The van der Waals surface area contributed by atoms with Gasteiger partial charge in [-0.2, -0.15) is 0 Å². The van der Waals surface area contributed by atoms with Gasteiger partial charge in [0.2, 0.25) is 0 Å². The van der Waals surface area contributed by atoms with Crippen molar-refractivity contribution in [3.8, 4) is 0 Å². The van der Waals surface area contributed by atoms with Crippen LogP contribution in [0.3, 0.4) is 0 Å². The number of aryl methyl sites for hydroxylation is 2. The topological polar surface area (TPSA) is 85.7 Å². The van der Waals surface area contributed by atoms with Gasteiger partial charge >= 0.3 is 5.97 Å². The van der Waals surface area contributed by atoms with Crippen LogP contribution in [0.25, 0.3) is 16.6 Å². The second kappa shape index (κ2) is 6.25. The number of benzene rings is 1. The molecule has 0 bridgehead atoms. The lowest BCUT2D eigenvalue weighted by atomic mass is 9.99. The summed E-state index contributed by atoms with van der Waals surface area (Å²) in [6, 6.07) is 3.59. The Balaban J connectivity index is 2.05. The second-order valence-corrected chi connectivity index (χ2v) is 6.76. The van der Waals surface area contributed by atoms with Crippen LogP contribution in [0.1, 0.15) is 46.2 Å². The van der Waals surface area contributed by atoms with Crippen molar-refractivity contribution in [3.05, 3.63) is 45.1 Å². The van der Waals surface area contributed by atoms with Gasteiger partial charge in [0, 0.05) is 19.1 Å². The number of nitrogens with one attached hydrogen (secondary N) is 1. The van der Waals surface area contributed by atoms with E-state index in [0.29, 0.717) is 35.5 Å². The van der Waals surface area contributed by atoms with E-state index < -0.39 is 5.97 Å². The third-order valence-corrected chi connectivity index (χ3v) is 5.12. The smallest absolute Gasteiger partial charge is 0.338 e. The number of ether oxygens (including phenoxy) is 2. The van der Waals surface area contributed by atoms with Crippen LogP contribution in [0, 0.1) is 13.8 Å². The first-order valence-corrected chi connectivity index (χ1v) is 8.73. The Morgan fingerprint density at radius 3 is 2.73 bits per heavy atom. The molecular formula is C19H21N3O4. The van der Waals surface area contributed by atoms with Gasteiger partial charge in [-0.25, -0.2) is 9.78 Å². The first-order valence-electron chi connectivity index (χ1n) is 8.73. The molecule has 1 N–H and O–H groups in total. The van der Waals surface area contributed by atoms with Gasteiger partial charge < -0.3 is 14.5 Å². The molecule has 0 amide bonds. The predicted molar refractivity (Wildman–Crippen MR) is 96.9 cm³/mol. The summed E-state index contributed by atoms with van der Waals surface area (Å²) < 4.78 is 12.3. The Morgan fingerprint density at radius 1 is 1.31 bits per heavy atom. The van der Waals surface area contributed by atoms with Crippen molar-refractivity contribution < 1.29 is 14.3 Å². The van der Waals surface area contributed by atoms with Crippen LogP contribution in [0.4, 0.5) is 0 Å². The number of H-pyrrole nitrogens is 1. The molecule has 2 aromatic heterocycles. The quantitative estimate of drug-likeness (QED) is 0.714. The van der Waals surface area contributed by atoms with Crippen LogP contribution in [0.5, 0.6) is 0 Å². The highest BCUT2D eigenvalue weighted by molar-refractivity contribution is 5.95. The van der Waals surface area contributed by atoms with E-state index in [-0.39, 0.29) is 11.5 Å². The summed E-state index contributed by atoms with van der Waals surface area (Å²) in [6.45, 7) is 5.12. The summed E-state index contributed by atoms with van der Waals surface area (Å²) in [5.41, 5.74) is 3.74. The van der Waals surface area contributed by atoms with Crippen molar-refractivity contribution in [2.24, 2.45) is 0 Å². The molecule has 3 heterocycles. The Kier molecular flexibility index (Phi) is 4.03. The molecule has 0 saturated carbocycles. The van der Waals surface area contributed by atoms with Crippen LogP contribution in [-0.4, -0.2) is 40.7 Å². The number of methoxy groups -OCH3 is 1.